The summed E-state index contributed by atoms with van der Waals surface area (Å²) >= 11 is 0. The topological polar surface area (TPSA) is 145 Å². The molecule has 12 heteroatoms. The Morgan fingerprint density at radius 2 is 1.64 bits per heavy atom. The van der Waals surface area contributed by atoms with E-state index in [1.165, 1.54) is 11.8 Å². The maximum atomic E-state index is 13.1. The van der Waals surface area contributed by atoms with Gasteiger partial charge in [0.2, 0.25) is 10.0 Å². The Balaban J connectivity index is 1.04. The Morgan fingerprint density at radius 1 is 0.955 bits per heavy atom. The largest absolute Gasteiger partial charge is 0.490 e. The van der Waals surface area contributed by atoms with Crippen molar-refractivity contribution < 1.29 is 22.7 Å². The molecule has 0 bridgehead atoms. The average molecular weight is 617 g/mol. The van der Waals surface area contributed by atoms with Gasteiger partial charge in [0.05, 0.1) is 23.5 Å². The van der Waals surface area contributed by atoms with E-state index in [2.05, 4.69) is 26.0 Å². The van der Waals surface area contributed by atoms with Gasteiger partial charge in [-0.25, -0.2) is 8.42 Å². The van der Waals surface area contributed by atoms with Crippen LogP contribution in [0.5, 0.6) is 5.75 Å². The van der Waals surface area contributed by atoms with Crippen LogP contribution >= 0.6 is 0 Å². The van der Waals surface area contributed by atoms with Crippen LogP contribution in [0.4, 0.5) is 5.69 Å². The molecule has 0 spiro atoms. The number of sulfonamides is 1. The highest BCUT2D eigenvalue weighted by atomic mass is 32.2. The summed E-state index contributed by atoms with van der Waals surface area (Å²) in [4.78, 5) is 34.3. The zero-order valence-corrected chi connectivity index (χ0v) is 25.4. The average Bonchev–Trinajstić information content (AvgIpc) is 3.03. The fourth-order valence-electron chi connectivity index (χ4n) is 5.45. The second-order valence-corrected chi connectivity index (χ2v) is 13.0. The molecule has 2 aromatic carbocycles. The lowest BCUT2D eigenvalue weighted by molar-refractivity contribution is 0.0589. The zero-order valence-electron chi connectivity index (χ0n) is 24.6. The molecule has 3 aromatic rings. The molecule has 3 heterocycles. The number of nitrogens with one attached hydrogen (secondary N) is 2. The van der Waals surface area contributed by atoms with Gasteiger partial charge in [-0.15, -0.1) is 0 Å². The molecule has 230 valence electrons. The minimum absolute atomic E-state index is 0.0605. The van der Waals surface area contributed by atoms with Gasteiger partial charge in [0.15, 0.2) is 0 Å². The molecule has 5 rings (SSSR count). The summed E-state index contributed by atoms with van der Waals surface area (Å²) in [6.07, 6.45) is 5.50. The number of hydrogen-bond acceptors (Lipinski definition) is 8. The van der Waals surface area contributed by atoms with E-state index >= 15 is 0 Å². The first kappa shape index (κ1) is 31.0. The van der Waals surface area contributed by atoms with Gasteiger partial charge in [-0.1, -0.05) is 12.1 Å². The van der Waals surface area contributed by atoms with Crippen LogP contribution in [-0.2, 0) is 16.6 Å². The van der Waals surface area contributed by atoms with E-state index in [-0.39, 0.29) is 24.0 Å². The second-order valence-electron chi connectivity index (χ2n) is 11.3. The van der Waals surface area contributed by atoms with Gasteiger partial charge in [-0.2, -0.15) is 5.26 Å². The van der Waals surface area contributed by atoms with Crippen molar-refractivity contribution >= 4 is 27.5 Å². The Morgan fingerprint density at radius 3 is 2.23 bits per heavy atom. The summed E-state index contributed by atoms with van der Waals surface area (Å²) in [5, 5.41) is 12.1. The number of ether oxygens (including phenoxy) is 1. The molecule has 2 fully saturated rings. The highest BCUT2D eigenvalue weighted by Gasteiger charge is 2.26. The van der Waals surface area contributed by atoms with Gasteiger partial charge in [0.25, 0.3) is 11.8 Å². The summed E-state index contributed by atoms with van der Waals surface area (Å²) in [5.74, 6) is 0.263. The lowest BCUT2D eigenvalue weighted by atomic mass is 10.0. The number of pyridine rings is 1. The van der Waals surface area contributed by atoms with Gasteiger partial charge < -0.3 is 15.0 Å². The number of aromatic nitrogens is 1. The van der Waals surface area contributed by atoms with Crippen LogP contribution in [0.25, 0.3) is 0 Å². The summed E-state index contributed by atoms with van der Waals surface area (Å²) < 4.78 is 31.2. The lowest BCUT2D eigenvalue weighted by Crippen LogP contribution is -2.44. The predicted molar refractivity (Wildman–Crippen MR) is 166 cm³/mol. The number of hydrogen-bond donors (Lipinski definition) is 2. The van der Waals surface area contributed by atoms with E-state index in [0.29, 0.717) is 54.2 Å². The van der Waals surface area contributed by atoms with Crippen molar-refractivity contribution in [1.29, 1.82) is 5.26 Å². The number of carbonyl (C=O) groups is 2. The van der Waals surface area contributed by atoms with Crippen molar-refractivity contribution in [2.24, 2.45) is 0 Å². The van der Waals surface area contributed by atoms with Crippen LogP contribution < -0.4 is 14.8 Å². The standard InChI is InChI=1S/C32H36N6O5S/c1-44(41,42)36-27-7-9-28(10-8-27)43-29-14-18-38(19-15-29)32(40)30-11-6-25(21-34-30)31(39)35-26-12-16-37(17-13-26)22-24-4-2-23(20-33)3-5-24/h2-11,21,26,29,36H,12-19,22H2,1H3,(H,35,39). The molecule has 11 nitrogen and oxygen atoms in total. The quantitative estimate of drug-likeness (QED) is 0.372. The maximum absolute atomic E-state index is 13.1. The molecule has 0 radical (unpaired) electrons. The van der Waals surface area contributed by atoms with E-state index in [1.54, 1.807) is 41.3 Å². The molecular formula is C32H36N6O5S. The van der Waals surface area contributed by atoms with Crippen molar-refractivity contribution in [3.63, 3.8) is 0 Å². The summed E-state index contributed by atoms with van der Waals surface area (Å²) in [6.45, 7) is 3.59. The first-order valence-corrected chi connectivity index (χ1v) is 16.6. The van der Waals surface area contributed by atoms with Crippen LogP contribution in [0.1, 0.15) is 57.7 Å². The number of anilines is 1. The first-order valence-electron chi connectivity index (χ1n) is 14.7. The van der Waals surface area contributed by atoms with E-state index < -0.39 is 10.0 Å². The Labute approximate surface area is 257 Å². The van der Waals surface area contributed by atoms with Gasteiger partial charge in [0, 0.05) is 63.5 Å². The first-order chi connectivity index (χ1) is 21.1. The fraction of sp³-hybridized carbons (Fsp3) is 0.375. The molecule has 1 aromatic heterocycles. The van der Waals surface area contributed by atoms with Crippen LogP contribution in [0.2, 0.25) is 0 Å². The Bertz CT molecular complexity index is 1590. The molecule has 2 aliphatic heterocycles. The molecule has 0 atom stereocenters. The van der Waals surface area contributed by atoms with E-state index in [1.807, 2.05) is 24.3 Å². The SMILES string of the molecule is CS(=O)(=O)Nc1ccc(OC2CCN(C(=O)c3ccc(C(=O)NC4CCN(Cc5ccc(C#N)cc5)CC4)cn3)CC2)cc1. The van der Waals surface area contributed by atoms with Crippen molar-refractivity contribution in [3.8, 4) is 11.8 Å². The number of amides is 2. The van der Waals surface area contributed by atoms with E-state index in [0.717, 1.165) is 38.7 Å². The highest BCUT2D eigenvalue weighted by Crippen LogP contribution is 2.22. The number of benzene rings is 2. The Kier molecular flexibility index (Phi) is 9.77. The summed E-state index contributed by atoms with van der Waals surface area (Å²) in [6, 6.07) is 19.8. The molecule has 44 heavy (non-hydrogen) atoms. The van der Waals surface area contributed by atoms with Crippen LogP contribution in [0.3, 0.4) is 0 Å². The van der Waals surface area contributed by atoms with Gasteiger partial charge in [-0.3, -0.25) is 24.2 Å². The monoisotopic (exact) mass is 616 g/mol. The maximum Gasteiger partial charge on any atom is 0.272 e. The third kappa shape index (κ3) is 8.55. The number of piperidine rings is 2. The summed E-state index contributed by atoms with van der Waals surface area (Å²) in [5.41, 5.74) is 3.01. The number of nitrogens with zero attached hydrogens (tertiary/aromatic N) is 4. The lowest BCUT2D eigenvalue weighted by Gasteiger charge is -2.32. The second kappa shape index (κ2) is 13.9. The predicted octanol–water partition coefficient (Wildman–Crippen LogP) is 3.40. The smallest absolute Gasteiger partial charge is 0.272 e. The van der Waals surface area contributed by atoms with Crippen LogP contribution in [0, 0.1) is 11.3 Å². The van der Waals surface area contributed by atoms with Gasteiger partial charge in [-0.05, 0) is 66.9 Å². The zero-order chi connectivity index (χ0) is 31.1. The molecule has 0 unspecified atom stereocenters. The molecule has 2 aliphatic rings. The van der Waals surface area contributed by atoms with Crippen LogP contribution in [-0.4, -0.2) is 79.6 Å². The number of carbonyl (C=O) groups excluding carboxylic acids is 2. The van der Waals surface area contributed by atoms with Crippen LogP contribution in [0.15, 0.2) is 66.9 Å². The normalized spacial score (nSPS) is 16.6. The molecule has 2 N–H and O–H groups in total. The minimum Gasteiger partial charge on any atom is -0.490 e. The minimum atomic E-state index is -3.34. The van der Waals surface area contributed by atoms with Crippen molar-refractivity contribution in [2.45, 2.75) is 44.4 Å². The number of nitriles is 1. The number of rotatable bonds is 9. The van der Waals surface area contributed by atoms with Gasteiger partial charge >= 0.3 is 0 Å². The molecule has 0 aliphatic carbocycles. The van der Waals surface area contributed by atoms with Gasteiger partial charge in [0.1, 0.15) is 17.5 Å². The van der Waals surface area contributed by atoms with Crippen molar-refractivity contribution in [3.05, 3.63) is 89.2 Å². The summed E-state index contributed by atoms with van der Waals surface area (Å²) in [7, 11) is -3.34. The number of likely N-dealkylation sites (tertiary alicyclic amines) is 2. The van der Waals surface area contributed by atoms with E-state index in [9.17, 15) is 18.0 Å². The van der Waals surface area contributed by atoms with Crippen molar-refractivity contribution in [1.82, 2.24) is 20.1 Å². The van der Waals surface area contributed by atoms with E-state index in [4.69, 9.17) is 10.00 Å². The fourth-order valence-corrected chi connectivity index (χ4v) is 6.01. The Hall–Kier alpha value is -4.47. The van der Waals surface area contributed by atoms with Crippen molar-refractivity contribution in [2.75, 3.05) is 37.2 Å². The third-order valence-corrected chi connectivity index (χ3v) is 8.45. The molecule has 2 saturated heterocycles. The molecule has 0 saturated carbocycles. The third-order valence-electron chi connectivity index (χ3n) is 7.85. The molecule has 2 amide bonds. The molecular weight excluding hydrogens is 580 g/mol. The highest BCUT2D eigenvalue weighted by molar-refractivity contribution is 7.92.